The lowest BCUT2D eigenvalue weighted by Crippen LogP contribution is -2.43. The van der Waals surface area contributed by atoms with Crippen LogP contribution in [0.2, 0.25) is 0 Å². The van der Waals surface area contributed by atoms with Crippen LogP contribution in [0.25, 0.3) is 0 Å². The topological polar surface area (TPSA) is 78.4 Å². The molecule has 0 aliphatic carbocycles. The SMILES string of the molecule is CC(C)(C)c1nnc(NC(=O)N2CCCC(CO)C2)s1. The Morgan fingerprint density at radius 2 is 2.25 bits per heavy atom. The normalized spacial score (nSPS) is 20.0. The maximum absolute atomic E-state index is 12.2. The molecule has 0 bridgehead atoms. The van der Waals surface area contributed by atoms with Gasteiger partial charge in [0.1, 0.15) is 5.01 Å². The van der Waals surface area contributed by atoms with Crippen LogP contribution in [0, 0.1) is 5.92 Å². The molecule has 1 aliphatic rings. The standard InChI is InChI=1S/C13H22N4O2S/c1-13(2,3)10-15-16-11(20-10)14-12(19)17-6-4-5-9(7-17)8-18/h9,18H,4-8H2,1-3H3,(H,14,16,19). The molecule has 0 saturated carbocycles. The Balaban J connectivity index is 1.96. The van der Waals surface area contributed by atoms with Crippen LogP contribution in [0.15, 0.2) is 0 Å². The molecule has 112 valence electrons. The molecule has 1 fully saturated rings. The number of hydrogen-bond donors (Lipinski definition) is 2. The summed E-state index contributed by atoms with van der Waals surface area (Å²) in [6.07, 6.45) is 1.91. The van der Waals surface area contributed by atoms with E-state index in [-0.39, 0.29) is 24.0 Å². The lowest BCUT2D eigenvalue weighted by atomic mass is 9.98. The monoisotopic (exact) mass is 298 g/mol. The van der Waals surface area contributed by atoms with Crippen molar-refractivity contribution < 1.29 is 9.90 Å². The van der Waals surface area contributed by atoms with Gasteiger partial charge in [-0.15, -0.1) is 10.2 Å². The van der Waals surface area contributed by atoms with E-state index in [0.29, 0.717) is 11.7 Å². The van der Waals surface area contributed by atoms with E-state index in [4.69, 9.17) is 0 Å². The van der Waals surface area contributed by atoms with Gasteiger partial charge >= 0.3 is 6.03 Å². The number of piperidine rings is 1. The number of nitrogens with one attached hydrogen (secondary N) is 1. The predicted octanol–water partition coefficient (Wildman–Crippen LogP) is 2.07. The Labute approximate surface area is 123 Å². The fourth-order valence-corrected chi connectivity index (χ4v) is 2.94. The van der Waals surface area contributed by atoms with Crippen LogP contribution in [-0.2, 0) is 5.41 Å². The molecule has 2 N–H and O–H groups in total. The lowest BCUT2D eigenvalue weighted by Gasteiger charge is -2.31. The molecular formula is C13H22N4O2S. The molecule has 0 radical (unpaired) electrons. The summed E-state index contributed by atoms with van der Waals surface area (Å²) in [4.78, 5) is 13.9. The van der Waals surface area contributed by atoms with Crippen LogP contribution in [-0.4, -0.2) is 45.9 Å². The van der Waals surface area contributed by atoms with E-state index in [1.807, 2.05) is 0 Å². The summed E-state index contributed by atoms with van der Waals surface area (Å²) in [5.41, 5.74) is -0.0618. The number of hydrogen-bond acceptors (Lipinski definition) is 5. The third kappa shape index (κ3) is 3.67. The number of carbonyl (C=O) groups is 1. The van der Waals surface area contributed by atoms with Gasteiger partial charge < -0.3 is 10.0 Å². The number of anilines is 1. The van der Waals surface area contributed by atoms with Gasteiger partial charge in [0, 0.05) is 25.1 Å². The highest BCUT2D eigenvalue weighted by Gasteiger charge is 2.25. The fraction of sp³-hybridized carbons (Fsp3) is 0.769. The highest BCUT2D eigenvalue weighted by molar-refractivity contribution is 7.15. The Morgan fingerprint density at radius 1 is 1.50 bits per heavy atom. The van der Waals surface area contributed by atoms with E-state index in [0.717, 1.165) is 24.4 Å². The van der Waals surface area contributed by atoms with Gasteiger partial charge in [-0.1, -0.05) is 32.1 Å². The summed E-state index contributed by atoms with van der Waals surface area (Å²) >= 11 is 1.41. The van der Waals surface area contributed by atoms with Crippen molar-refractivity contribution >= 4 is 22.5 Å². The maximum atomic E-state index is 12.2. The molecule has 6 nitrogen and oxygen atoms in total. The zero-order valence-electron chi connectivity index (χ0n) is 12.2. The summed E-state index contributed by atoms with van der Waals surface area (Å²) in [6, 6.07) is -0.153. The molecule has 1 saturated heterocycles. The van der Waals surface area contributed by atoms with Crippen molar-refractivity contribution in [3.8, 4) is 0 Å². The number of carbonyl (C=O) groups excluding carboxylic acids is 1. The molecule has 2 amide bonds. The van der Waals surface area contributed by atoms with Crippen molar-refractivity contribution in [2.45, 2.75) is 39.0 Å². The largest absolute Gasteiger partial charge is 0.396 e. The average molecular weight is 298 g/mol. The van der Waals surface area contributed by atoms with Gasteiger partial charge in [-0.2, -0.15) is 0 Å². The highest BCUT2D eigenvalue weighted by Crippen LogP contribution is 2.28. The van der Waals surface area contributed by atoms with E-state index in [1.165, 1.54) is 11.3 Å². The van der Waals surface area contributed by atoms with Crippen LogP contribution in [0.4, 0.5) is 9.93 Å². The van der Waals surface area contributed by atoms with Gasteiger partial charge in [0.25, 0.3) is 0 Å². The van der Waals surface area contributed by atoms with Gasteiger partial charge in [-0.05, 0) is 18.8 Å². The van der Waals surface area contributed by atoms with Crippen LogP contribution >= 0.6 is 11.3 Å². The number of rotatable bonds is 2. The smallest absolute Gasteiger partial charge is 0.323 e. The Bertz CT molecular complexity index is 469. The second kappa shape index (κ2) is 6.05. The molecule has 0 aromatic carbocycles. The first-order valence-electron chi connectivity index (χ1n) is 6.91. The Kier molecular flexibility index (Phi) is 4.59. The van der Waals surface area contributed by atoms with E-state index >= 15 is 0 Å². The van der Waals surface area contributed by atoms with Crippen molar-refractivity contribution in [3.63, 3.8) is 0 Å². The van der Waals surface area contributed by atoms with E-state index in [1.54, 1.807) is 4.90 Å². The number of amides is 2. The summed E-state index contributed by atoms with van der Waals surface area (Å²) in [5, 5.41) is 21.6. The number of aliphatic hydroxyl groups excluding tert-OH is 1. The van der Waals surface area contributed by atoms with E-state index in [9.17, 15) is 9.90 Å². The zero-order valence-corrected chi connectivity index (χ0v) is 13.0. The Morgan fingerprint density at radius 3 is 2.85 bits per heavy atom. The molecule has 7 heteroatoms. The van der Waals surface area contributed by atoms with Crippen molar-refractivity contribution in [2.24, 2.45) is 5.92 Å². The number of urea groups is 1. The molecular weight excluding hydrogens is 276 g/mol. The molecule has 2 rings (SSSR count). The minimum Gasteiger partial charge on any atom is -0.396 e. The molecule has 1 aromatic rings. The van der Waals surface area contributed by atoms with Crippen LogP contribution in [0.3, 0.4) is 0 Å². The van der Waals surface area contributed by atoms with Crippen molar-refractivity contribution in [2.75, 3.05) is 25.0 Å². The molecule has 0 spiro atoms. The van der Waals surface area contributed by atoms with Gasteiger partial charge in [0.2, 0.25) is 5.13 Å². The molecule has 2 heterocycles. The molecule has 1 aliphatic heterocycles. The lowest BCUT2D eigenvalue weighted by molar-refractivity contribution is 0.136. The maximum Gasteiger partial charge on any atom is 0.323 e. The van der Waals surface area contributed by atoms with Crippen LogP contribution < -0.4 is 5.32 Å². The van der Waals surface area contributed by atoms with Crippen molar-refractivity contribution in [1.82, 2.24) is 15.1 Å². The number of nitrogens with zero attached hydrogens (tertiary/aromatic N) is 3. The summed E-state index contributed by atoms with van der Waals surface area (Å²) in [5.74, 6) is 0.189. The summed E-state index contributed by atoms with van der Waals surface area (Å²) in [6.45, 7) is 7.66. The second-order valence-corrected chi connectivity index (χ2v) is 7.21. The first-order chi connectivity index (χ1) is 9.40. The first kappa shape index (κ1) is 15.2. The van der Waals surface area contributed by atoms with Crippen LogP contribution in [0.5, 0.6) is 0 Å². The third-order valence-corrected chi connectivity index (χ3v) is 4.61. The quantitative estimate of drug-likeness (QED) is 0.876. The van der Waals surface area contributed by atoms with Gasteiger partial charge in [0.05, 0.1) is 0 Å². The molecule has 1 aromatic heterocycles. The van der Waals surface area contributed by atoms with Gasteiger partial charge in [0.15, 0.2) is 0 Å². The average Bonchev–Trinajstić information content (AvgIpc) is 2.87. The molecule has 1 atom stereocenters. The zero-order chi connectivity index (χ0) is 14.8. The summed E-state index contributed by atoms with van der Waals surface area (Å²) < 4.78 is 0. The van der Waals surface area contributed by atoms with Gasteiger partial charge in [-0.25, -0.2) is 4.79 Å². The Hall–Kier alpha value is -1.21. The minimum atomic E-state index is -0.153. The number of aliphatic hydroxyl groups is 1. The molecule has 20 heavy (non-hydrogen) atoms. The molecule has 1 unspecified atom stereocenters. The highest BCUT2D eigenvalue weighted by atomic mass is 32.1. The second-order valence-electron chi connectivity index (χ2n) is 6.23. The third-order valence-electron chi connectivity index (χ3n) is 3.34. The number of likely N-dealkylation sites (tertiary alicyclic amines) is 1. The number of aromatic nitrogens is 2. The van der Waals surface area contributed by atoms with Gasteiger partial charge in [-0.3, -0.25) is 5.32 Å². The van der Waals surface area contributed by atoms with Crippen molar-refractivity contribution in [1.29, 1.82) is 0 Å². The van der Waals surface area contributed by atoms with Crippen molar-refractivity contribution in [3.05, 3.63) is 5.01 Å². The summed E-state index contributed by atoms with van der Waals surface area (Å²) in [7, 11) is 0. The first-order valence-corrected chi connectivity index (χ1v) is 7.72. The van der Waals surface area contributed by atoms with E-state index in [2.05, 4.69) is 36.3 Å². The predicted molar refractivity (Wildman–Crippen MR) is 79.0 cm³/mol. The van der Waals surface area contributed by atoms with Crippen LogP contribution in [0.1, 0.15) is 38.6 Å². The minimum absolute atomic E-state index is 0.0618. The fourth-order valence-electron chi connectivity index (χ4n) is 2.15. The van der Waals surface area contributed by atoms with E-state index < -0.39 is 0 Å².